The highest BCUT2D eigenvalue weighted by atomic mass is 14.6. The largest absolute Gasteiger partial charge is 0.402 e. The monoisotopic (exact) mass is 331 g/mol. The van der Waals surface area contributed by atoms with E-state index in [-0.39, 0.29) is 0 Å². The smallest absolute Gasteiger partial charge is 0.0115 e. The lowest BCUT2D eigenvalue weighted by Crippen LogP contribution is -1.95. The summed E-state index contributed by atoms with van der Waals surface area (Å²) >= 11 is 0. The van der Waals surface area contributed by atoms with Crippen LogP contribution < -0.4 is 5.73 Å². The van der Waals surface area contributed by atoms with E-state index in [2.05, 4.69) is 75.2 Å². The number of allylic oxidation sites excluding steroid dienone is 10. The zero-order valence-electron chi connectivity index (χ0n) is 15.7. The van der Waals surface area contributed by atoms with Gasteiger partial charge in [-0.05, 0) is 49.1 Å². The van der Waals surface area contributed by atoms with Crippen molar-refractivity contribution in [2.75, 3.05) is 0 Å². The van der Waals surface area contributed by atoms with E-state index in [1.165, 1.54) is 5.56 Å². The van der Waals surface area contributed by atoms with Crippen LogP contribution in [0.5, 0.6) is 0 Å². The van der Waals surface area contributed by atoms with Gasteiger partial charge in [0, 0.05) is 12.1 Å². The van der Waals surface area contributed by atoms with Crippen molar-refractivity contribution in [2.45, 2.75) is 27.2 Å². The maximum absolute atomic E-state index is 5.68. The minimum Gasteiger partial charge on any atom is -0.402 e. The van der Waals surface area contributed by atoms with Gasteiger partial charge in [0.15, 0.2) is 0 Å². The van der Waals surface area contributed by atoms with Crippen LogP contribution in [-0.4, -0.2) is 0 Å². The van der Waals surface area contributed by atoms with E-state index in [0.717, 1.165) is 27.9 Å². The molecule has 130 valence electrons. The van der Waals surface area contributed by atoms with Crippen molar-refractivity contribution >= 4 is 11.1 Å². The number of nitrogens with two attached hydrogens (primary N) is 1. The predicted octanol–water partition coefficient (Wildman–Crippen LogP) is 6.60. The Morgan fingerprint density at radius 1 is 1.12 bits per heavy atom. The molecule has 0 unspecified atom stereocenters. The summed E-state index contributed by atoms with van der Waals surface area (Å²) in [5.74, 6) is 0. The predicted molar refractivity (Wildman–Crippen MR) is 114 cm³/mol. The van der Waals surface area contributed by atoms with Crippen LogP contribution in [0.2, 0.25) is 0 Å². The molecule has 0 radical (unpaired) electrons. The van der Waals surface area contributed by atoms with Gasteiger partial charge in [-0.25, -0.2) is 0 Å². The van der Waals surface area contributed by atoms with Crippen LogP contribution >= 0.6 is 0 Å². The Morgan fingerprint density at radius 2 is 1.80 bits per heavy atom. The first kappa shape index (κ1) is 20.2. The first-order chi connectivity index (χ1) is 11.9. The first-order valence-corrected chi connectivity index (χ1v) is 8.41. The van der Waals surface area contributed by atoms with Gasteiger partial charge in [0.25, 0.3) is 0 Å². The van der Waals surface area contributed by atoms with Gasteiger partial charge in [0.05, 0.1) is 0 Å². The fraction of sp³-hybridized carbons (Fsp3) is 0.167. The summed E-state index contributed by atoms with van der Waals surface area (Å²) in [6.45, 7) is 17.7. The Labute approximate surface area is 153 Å². The average molecular weight is 332 g/mol. The quantitative estimate of drug-likeness (QED) is 0.533. The third kappa shape index (κ3) is 7.09. The van der Waals surface area contributed by atoms with Gasteiger partial charge in [-0.15, -0.1) is 0 Å². The Balaban J connectivity index is 3.21. The van der Waals surface area contributed by atoms with Crippen LogP contribution in [0.1, 0.15) is 38.3 Å². The van der Waals surface area contributed by atoms with E-state index in [1.807, 2.05) is 26.0 Å². The molecule has 0 spiro atoms. The highest BCUT2D eigenvalue weighted by molar-refractivity contribution is 5.78. The Bertz CT molecular complexity index is 767. The van der Waals surface area contributed by atoms with Crippen LogP contribution in [0.15, 0.2) is 97.3 Å². The number of hydrogen-bond acceptors (Lipinski definition) is 1. The summed E-state index contributed by atoms with van der Waals surface area (Å²) in [4.78, 5) is 0. The maximum atomic E-state index is 5.68. The van der Waals surface area contributed by atoms with Gasteiger partial charge in [0.1, 0.15) is 0 Å². The van der Waals surface area contributed by atoms with Crippen molar-refractivity contribution < 1.29 is 0 Å². The van der Waals surface area contributed by atoms with Gasteiger partial charge in [-0.1, -0.05) is 85.5 Å². The fourth-order valence-electron chi connectivity index (χ4n) is 2.36. The molecule has 0 aliphatic rings. The van der Waals surface area contributed by atoms with E-state index < -0.39 is 0 Å². The van der Waals surface area contributed by atoms with Crippen molar-refractivity contribution in [1.82, 2.24) is 0 Å². The second-order valence-electron chi connectivity index (χ2n) is 6.15. The lowest BCUT2D eigenvalue weighted by atomic mass is 9.98. The molecule has 0 bridgehead atoms. The fourth-order valence-corrected chi connectivity index (χ4v) is 2.36. The van der Waals surface area contributed by atoms with E-state index in [4.69, 9.17) is 5.73 Å². The van der Waals surface area contributed by atoms with Crippen molar-refractivity contribution in [2.24, 2.45) is 5.73 Å². The van der Waals surface area contributed by atoms with Crippen LogP contribution in [0.4, 0.5) is 0 Å². The Morgan fingerprint density at radius 3 is 2.36 bits per heavy atom. The number of hydrogen-bond donors (Lipinski definition) is 1. The molecule has 0 saturated carbocycles. The molecule has 0 amide bonds. The van der Waals surface area contributed by atoms with E-state index >= 15 is 0 Å². The highest BCUT2D eigenvalue weighted by Crippen LogP contribution is 2.22. The van der Waals surface area contributed by atoms with Crippen LogP contribution in [0, 0.1) is 0 Å². The van der Waals surface area contributed by atoms with Gasteiger partial charge in [-0.2, -0.15) is 0 Å². The first-order valence-electron chi connectivity index (χ1n) is 8.41. The topological polar surface area (TPSA) is 26.0 Å². The van der Waals surface area contributed by atoms with Gasteiger partial charge >= 0.3 is 0 Å². The molecule has 0 fully saturated rings. The van der Waals surface area contributed by atoms with Crippen molar-refractivity contribution in [1.29, 1.82) is 0 Å². The standard InChI is InChI=1S/C24H29N/c1-7-10-23(24-12-9-11-22(17-24)18(3)4)15-19(5)13-14-21(8-2)16-20(6)25/h7-15,17H,2-3,6,16,25H2,1,4-5H3/b10-7-,19-13+,21-14-,23-15+. The summed E-state index contributed by atoms with van der Waals surface area (Å²) in [5.41, 5.74) is 13.1. The van der Waals surface area contributed by atoms with Crippen molar-refractivity contribution in [3.63, 3.8) is 0 Å². The third-order valence-electron chi connectivity index (χ3n) is 3.67. The molecule has 1 heteroatoms. The zero-order valence-corrected chi connectivity index (χ0v) is 15.7. The SMILES string of the molecule is C=C/C(=C/C=C(C)/C=C(\C=C/C)c1cccc(C(=C)C)c1)CC(=C)N. The lowest BCUT2D eigenvalue weighted by molar-refractivity contribution is 1.13. The summed E-state index contributed by atoms with van der Waals surface area (Å²) in [7, 11) is 0. The molecule has 2 N–H and O–H groups in total. The number of rotatable bonds is 8. The maximum Gasteiger partial charge on any atom is 0.0115 e. The zero-order chi connectivity index (χ0) is 18.8. The molecular weight excluding hydrogens is 302 g/mol. The molecule has 1 nitrogen and oxygen atoms in total. The average Bonchev–Trinajstić information content (AvgIpc) is 2.58. The molecule has 1 aromatic carbocycles. The molecule has 0 aromatic heterocycles. The third-order valence-corrected chi connectivity index (χ3v) is 3.67. The second kappa shape index (κ2) is 10.1. The van der Waals surface area contributed by atoms with Gasteiger partial charge < -0.3 is 5.73 Å². The summed E-state index contributed by atoms with van der Waals surface area (Å²) in [6, 6.07) is 8.44. The molecule has 0 saturated heterocycles. The van der Waals surface area contributed by atoms with Gasteiger partial charge in [-0.3, -0.25) is 0 Å². The van der Waals surface area contributed by atoms with Crippen molar-refractivity contribution in [3.8, 4) is 0 Å². The molecule has 0 heterocycles. The van der Waals surface area contributed by atoms with E-state index in [9.17, 15) is 0 Å². The summed E-state index contributed by atoms with van der Waals surface area (Å²) < 4.78 is 0. The molecule has 1 rings (SSSR count). The minimum atomic E-state index is 0.638. The van der Waals surface area contributed by atoms with Gasteiger partial charge in [0.2, 0.25) is 0 Å². The molecule has 1 aromatic rings. The Kier molecular flexibility index (Phi) is 8.22. The molecular formula is C24H29N. The molecule has 25 heavy (non-hydrogen) atoms. The Hall–Kier alpha value is -2.80. The number of benzene rings is 1. The van der Waals surface area contributed by atoms with E-state index in [1.54, 1.807) is 0 Å². The molecule has 0 aliphatic carbocycles. The molecule has 0 aliphatic heterocycles. The van der Waals surface area contributed by atoms with Crippen LogP contribution in [-0.2, 0) is 0 Å². The summed E-state index contributed by atoms with van der Waals surface area (Å²) in [6.07, 6.45) is 12.9. The lowest BCUT2D eigenvalue weighted by Gasteiger charge is -2.07. The highest BCUT2D eigenvalue weighted by Gasteiger charge is 2.01. The van der Waals surface area contributed by atoms with Crippen LogP contribution in [0.25, 0.3) is 11.1 Å². The molecule has 0 atom stereocenters. The normalized spacial score (nSPS) is 13.2. The van der Waals surface area contributed by atoms with Crippen LogP contribution in [0.3, 0.4) is 0 Å². The summed E-state index contributed by atoms with van der Waals surface area (Å²) in [5, 5.41) is 0. The van der Waals surface area contributed by atoms with Crippen molar-refractivity contribution in [3.05, 3.63) is 108 Å². The second-order valence-corrected chi connectivity index (χ2v) is 6.15. The minimum absolute atomic E-state index is 0.638. The van der Waals surface area contributed by atoms with E-state index in [0.29, 0.717) is 12.1 Å².